The van der Waals surface area contributed by atoms with E-state index < -0.39 is 6.61 Å². The van der Waals surface area contributed by atoms with E-state index in [1.54, 1.807) is 46.9 Å². The predicted molar refractivity (Wildman–Crippen MR) is 127 cm³/mol. The number of carbonyl (C=O) groups excluding carboxylic acids is 2. The first-order chi connectivity index (χ1) is 17.3. The van der Waals surface area contributed by atoms with Crippen molar-refractivity contribution >= 4 is 17.3 Å². The predicted octanol–water partition coefficient (Wildman–Crippen LogP) is 4.45. The van der Waals surface area contributed by atoms with E-state index >= 15 is 0 Å². The fraction of sp³-hybridized carbons (Fsp3) is 0.423. The molecular weight excluding hydrogens is 472 g/mol. The number of Topliss-reactive ketones (excluding diaryl/α,β-unsaturated/α-hetero) is 1. The Kier molecular flexibility index (Phi) is 6.51. The van der Waals surface area contributed by atoms with Gasteiger partial charge in [-0.05, 0) is 37.0 Å². The van der Waals surface area contributed by atoms with Crippen molar-refractivity contribution in [2.45, 2.75) is 32.3 Å². The van der Waals surface area contributed by atoms with Crippen LogP contribution in [0.25, 0.3) is 16.9 Å². The maximum absolute atomic E-state index is 13.2. The van der Waals surface area contributed by atoms with Gasteiger partial charge in [-0.25, -0.2) is 4.98 Å². The van der Waals surface area contributed by atoms with E-state index in [1.807, 2.05) is 0 Å². The molecule has 0 spiro atoms. The number of nitrogens with zero attached hydrogens (tertiary/aromatic N) is 3. The van der Waals surface area contributed by atoms with Gasteiger partial charge in [0, 0.05) is 50.2 Å². The molecule has 2 fully saturated rings. The summed E-state index contributed by atoms with van der Waals surface area (Å²) in [5.74, 6) is 0.842. The standard InChI is InChI=1S/C26H27F2N3O5/c1-30-13-16(8-24(30)33)14-35-18-5-6-31-19(12-29-23(31)11-18)17-9-21(34-2)25(20(32)7-15-3-4-15)22(10-17)36-26(27)28/h5-6,9-12,15-16,26H,3-4,7-8,13-14H2,1-2H3. The van der Waals surface area contributed by atoms with Gasteiger partial charge in [-0.1, -0.05) is 0 Å². The number of aromatic nitrogens is 2. The van der Waals surface area contributed by atoms with Gasteiger partial charge in [0.1, 0.15) is 28.5 Å². The first kappa shape index (κ1) is 24.0. The molecular formula is C26H27F2N3O5. The van der Waals surface area contributed by atoms with Gasteiger partial charge in [0.05, 0.1) is 25.6 Å². The summed E-state index contributed by atoms with van der Waals surface area (Å²) >= 11 is 0. The molecule has 1 saturated carbocycles. The number of rotatable bonds is 10. The van der Waals surface area contributed by atoms with Crippen molar-refractivity contribution in [2.75, 3.05) is 27.3 Å². The quantitative estimate of drug-likeness (QED) is 0.384. The summed E-state index contributed by atoms with van der Waals surface area (Å²) in [7, 11) is 3.18. The van der Waals surface area contributed by atoms with Gasteiger partial charge in [-0.15, -0.1) is 0 Å². The molecule has 0 bridgehead atoms. The van der Waals surface area contributed by atoms with Crippen molar-refractivity contribution in [1.82, 2.24) is 14.3 Å². The number of hydrogen-bond acceptors (Lipinski definition) is 6. The molecule has 10 heteroatoms. The number of imidazole rings is 1. The number of likely N-dealkylation sites (tertiary alicyclic amines) is 1. The lowest BCUT2D eigenvalue weighted by atomic mass is 10.00. The fourth-order valence-electron chi connectivity index (χ4n) is 4.60. The molecule has 1 aliphatic heterocycles. The van der Waals surface area contributed by atoms with Crippen molar-refractivity contribution in [3.63, 3.8) is 0 Å². The molecule has 3 heterocycles. The minimum Gasteiger partial charge on any atom is -0.496 e. The number of halogens is 2. The van der Waals surface area contributed by atoms with E-state index in [0.29, 0.717) is 42.2 Å². The first-order valence-corrected chi connectivity index (χ1v) is 11.9. The van der Waals surface area contributed by atoms with Crippen molar-refractivity contribution < 1.29 is 32.6 Å². The lowest BCUT2D eigenvalue weighted by molar-refractivity contribution is -0.126. The highest BCUT2D eigenvalue weighted by Crippen LogP contribution is 2.40. The molecule has 1 amide bonds. The Hall–Kier alpha value is -3.69. The Labute approximate surface area is 206 Å². The SMILES string of the molecule is COc1cc(-c2cnc3cc(OCC4CC(=O)N(C)C4)ccn23)cc(OC(F)F)c1C(=O)CC1CC1. The van der Waals surface area contributed by atoms with Crippen LogP contribution in [0.1, 0.15) is 36.0 Å². The number of pyridine rings is 1. The third-order valence-corrected chi connectivity index (χ3v) is 6.64. The summed E-state index contributed by atoms with van der Waals surface area (Å²) in [5, 5.41) is 0. The Morgan fingerprint density at radius 3 is 2.64 bits per heavy atom. The zero-order chi connectivity index (χ0) is 25.4. The number of benzene rings is 1. The Bertz CT molecular complexity index is 1300. The van der Waals surface area contributed by atoms with Crippen LogP contribution in [0.3, 0.4) is 0 Å². The topological polar surface area (TPSA) is 82.4 Å². The fourth-order valence-corrected chi connectivity index (χ4v) is 4.60. The molecule has 8 nitrogen and oxygen atoms in total. The van der Waals surface area contributed by atoms with Crippen LogP contribution in [-0.4, -0.2) is 59.9 Å². The summed E-state index contributed by atoms with van der Waals surface area (Å²) in [4.78, 5) is 30.7. The van der Waals surface area contributed by atoms with Gasteiger partial charge >= 0.3 is 6.61 Å². The number of alkyl halides is 2. The van der Waals surface area contributed by atoms with Crippen LogP contribution in [0.4, 0.5) is 8.78 Å². The summed E-state index contributed by atoms with van der Waals surface area (Å²) in [6.45, 7) is -2.01. The van der Waals surface area contributed by atoms with Crippen LogP contribution in [0.15, 0.2) is 36.7 Å². The number of amides is 1. The van der Waals surface area contributed by atoms with Gasteiger partial charge in [-0.2, -0.15) is 8.78 Å². The maximum Gasteiger partial charge on any atom is 0.387 e. The van der Waals surface area contributed by atoms with Crippen LogP contribution < -0.4 is 14.2 Å². The monoisotopic (exact) mass is 499 g/mol. The number of carbonyl (C=O) groups is 2. The molecule has 1 atom stereocenters. The minimum absolute atomic E-state index is 0.0361. The Morgan fingerprint density at radius 2 is 1.97 bits per heavy atom. The van der Waals surface area contributed by atoms with E-state index in [1.165, 1.54) is 13.2 Å². The molecule has 3 aromatic rings. The van der Waals surface area contributed by atoms with Crippen molar-refractivity contribution in [1.29, 1.82) is 0 Å². The Balaban J connectivity index is 1.43. The van der Waals surface area contributed by atoms with Crippen molar-refractivity contribution in [3.05, 3.63) is 42.2 Å². The van der Waals surface area contributed by atoms with Gasteiger partial charge in [0.25, 0.3) is 0 Å². The molecule has 1 aromatic carbocycles. The number of methoxy groups -OCH3 is 1. The lowest BCUT2D eigenvalue weighted by Gasteiger charge is -2.16. The van der Waals surface area contributed by atoms with Crippen LogP contribution in [-0.2, 0) is 4.79 Å². The summed E-state index contributed by atoms with van der Waals surface area (Å²) in [6, 6.07) is 6.61. The van der Waals surface area contributed by atoms with Gasteiger partial charge in [0.2, 0.25) is 5.91 Å². The van der Waals surface area contributed by atoms with Gasteiger partial charge < -0.3 is 19.1 Å². The maximum atomic E-state index is 13.2. The highest BCUT2D eigenvalue weighted by Gasteiger charge is 2.30. The van der Waals surface area contributed by atoms with Crippen LogP contribution in [0.5, 0.6) is 17.2 Å². The van der Waals surface area contributed by atoms with Crippen LogP contribution in [0, 0.1) is 11.8 Å². The summed E-state index contributed by atoms with van der Waals surface area (Å²) < 4.78 is 44.4. The third-order valence-electron chi connectivity index (χ3n) is 6.64. The molecule has 2 aromatic heterocycles. The highest BCUT2D eigenvalue weighted by molar-refractivity contribution is 6.02. The summed E-state index contributed by atoms with van der Waals surface area (Å²) in [6.07, 6.45) is 6.04. The molecule has 36 heavy (non-hydrogen) atoms. The molecule has 2 aliphatic rings. The first-order valence-electron chi connectivity index (χ1n) is 11.9. The average Bonchev–Trinajstić information content (AvgIpc) is 3.46. The van der Waals surface area contributed by atoms with Crippen LogP contribution in [0.2, 0.25) is 0 Å². The average molecular weight is 500 g/mol. The molecule has 0 N–H and O–H groups in total. The number of ketones is 1. The second-order valence-electron chi connectivity index (χ2n) is 9.39. The third kappa shape index (κ3) is 4.98. The van der Waals surface area contributed by atoms with E-state index in [2.05, 4.69) is 4.98 Å². The van der Waals surface area contributed by atoms with Gasteiger partial charge in [-0.3, -0.25) is 14.0 Å². The molecule has 1 unspecified atom stereocenters. The minimum atomic E-state index is -3.09. The zero-order valence-electron chi connectivity index (χ0n) is 20.1. The number of fused-ring (bicyclic) bond motifs is 1. The number of ether oxygens (including phenoxy) is 3. The highest BCUT2D eigenvalue weighted by atomic mass is 19.3. The van der Waals surface area contributed by atoms with Crippen molar-refractivity contribution in [2.24, 2.45) is 11.8 Å². The molecule has 190 valence electrons. The normalized spacial score (nSPS) is 17.8. The van der Waals surface area contributed by atoms with E-state index in [4.69, 9.17) is 14.2 Å². The van der Waals surface area contributed by atoms with E-state index in [9.17, 15) is 18.4 Å². The lowest BCUT2D eigenvalue weighted by Crippen LogP contribution is -2.20. The van der Waals surface area contributed by atoms with Gasteiger partial charge in [0.15, 0.2) is 5.78 Å². The van der Waals surface area contributed by atoms with E-state index in [0.717, 1.165) is 12.8 Å². The molecule has 0 radical (unpaired) electrons. The largest absolute Gasteiger partial charge is 0.496 e. The van der Waals surface area contributed by atoms with Crippen LogP contribution >= 0.6 is 0 Å². The van der Waals surface area contributed by atoms with Crippen molar-refractivity contribution in [3.8, 4) is 28.5 Å². The second-order valence-corrected chi connectivity index (χ2v) is 9.39. The summed E-state index contributed by atoms with van der Waals surface area (Å²) in [5.41, 5.74) is 1.75. The smallest absolute Gasteiger partial charge is 0.387 e. The number of hydrogen-bond donors (Lipinski definition) is 0. The molecule has 5 rings (SSSR count). The molecule has 1 saturated heterocycles. The second kappa shape index (κ2) is 9.75. The van der Waals surface area contributed by atoms with E-state index in [-0.39, 0.29) is 47.0 Å². The Morgan fingerprint density at radius 1 is 1.19 bits per heavy atom. The molecule has 1 aliphatic carbocycles. The zero-order valence-corrected chi connectivity index (χ0v) is 20.1.